The highest BCUT2D eigenvalue weighted by Gasteiger charge is 2.17. The number of halogens is 1. The van der Waals surface area contributed by atoms with Gasteiger partial charge in [-0.25, -0.2) is 17.5 Å². The molecule has 0 bridgehead atoms. The normalized spacial score (nSPS) is 12.6. The highest BCUT2D eigenvalue weighted by Crippen LogP contribution is 2.15. The molecule has 0 saturated heterocycles. The van der Waals surface area contributed by atoms with E-state index in [2.05, 4.69) is 4.72 Å². The van der Waals surface area contributed by atoms with Crippen molar-refractivity contribution in [1.82, 2.24) is 4.72 Å². The molecular weight excluding hydrogens is 299 g/mol. The molecule has 0 aliphatic carbocycles. The van der Waals surface area contributed by atoms with E-state index >= 15 is 0 Å². The maximum Gasteiger partial charge on any atom is 0.303 e. The van der Waals surface area contributed by atoms with Gasteiger partial charge in [0.2, 0.25) is 10.0 Å². The summed E-state index contributed by atoms with van der Waals surface area (Å²) in [6, 6.07) is 4.52. The Labute approximate surface area is 122 Å². The topological polar surface area (TPSA) is 107 Å². The Balaban J connectivity index is 2.74. The average Bonchev–Trinajstić information content (AvgIpc) is 2.43. The first kappa shape index (κ1) is 17.1. The standard InChI is InChI=1S/C13H15FN2O4S/c1-9(2-5-13(17)18)8-16-21(19,20)11-3-4-12(14)10(6-11)7-15/h3-4,6,9,16H,2,5,8H2,1H3,(H,17,18). The van der Waals surface area contributed by atoms with Crippen LogP contribution < -0.4 is 4.72 Å². The lowest BCUT2D eigenvalue weighted by molar-refractivity contribution is -0.137. The van der Waals surface area contributed by atoms with E-state index in [-0.39, 0.29) is 29.3 Å². The van der Waals surface area contributed by atoms with Crippen molar-refractivity contribution in [3.8, 4) is 6.07 Å². The summed E-state index contributed by atoms with van der Waals surface area (Å²) < 4.78 is 39.5. The van der Waals surface area contributed by atoms with Gasteiger partial charge in [0, 0.05) is 13.0 Å². The quantitative estimate of drug-likeness (QED) is 0.792. The molecule has 0 fully saturated rings. The van der Waals surface area contributed by atoms with Gasteiger partial charge < -0.3 is 5.11 Å². The number of carboxylic acid groups (broad SMARTS) is 1. The minimum Gasteiger partial charge on any atom is -0.481 e. The van der Waals surface area contributed by atoms with Crippen LogP contribution in [0.4, 0.5) is 4.39 Å². The molecule has 0 amide bonds. The van der Waals surface area contributed by atoms with Gasteiger partial charge in [-0.15, -0.1) is 0 Å². The number of hydrogen-bond donors (Lipinski definition) is 2. The van der Waals surface area contributed by atoms with Gasteiger partial charge in [0.15, 0.2) is 0 Å². The third-order valence-electron chi connectivity index (χ3n) is 2.84. The summed E-state index contributed by atoms with van der Waals surface area (Å²) in [5.41, 5.74) is -0.350. The van der Waals surface area contributed by atoms with Gasteiger partial charge in [0.25, 0.3) is 0 Å². The Kier molecular flexibility index (Phi) is 5.81. The van der Waals surface area contributed by atoms with E-state index in [0.29, 0.717) is 6.42 Å². The number of aliphatic carboxylic acids is 1. The number of hydrogen-bond acceptors (Lipinski definition) is 4. The van der Waals surface area contributed by atoms with Gasteiger partial charge in [-0.3, -0.25) is 4.79 Å². The Bertz CT molecular complexity index is 667. The fraction of sp³-hybridized carbons (Fsp3) is 0.385. The van der Waals surface area contributed by atoms with Gasteiger partial charge in [-0.2, -0.15) is 5.26 Å². The molecule has 1 rings (SSSR count). The third kappa shape index (κ3) is 5.13. The van der Waals surface area contributed by atoms with Gasteiger partial charge in [0.05, 0.1) is 10.5 Å². The molecule has 0 aromatic heterocycles. The van der Waals surface area contributed by atoms with Gasteiger partial charge in [-0.05, 0) is 30.5 Å². The Morgan fingerprint density at radius 3 is 2.76 bits per heavy atom. The van der Waals surface area contributed by atoms with Gasteiger partial charge in [-0.1, -0.05) is 6.92 Å². The molecule has 0 radical (unpaired) electrons. The summed E-state index contributed by atoms with van der Waals surface area (Å²) in [7, 11) is -3.86. The highest BCUT2D eigenvalue weighted by atomic mass is 32.2. The first-order chi connectivity index (χ1) is 9.76. The number of benzene rings is 1. The number of carbonyl (C=O) groups is 1. The SMILES string of the molecule is CC(CCC(=O)O)CNS(=O)(=O)c1ccc(F)c(C#N)c1. The predicted molar refractivity (Wildman–Crippen MR) is 72.3 cm³/mol. The molecular formula is C13H15FN2O4S. The molecule has 21 heavy (non-hydrogen) atoms. The number of rotatable bonds is 7. The van der Waals surface area contributed by atoms with Crippen LogP contribution in [0.2, 0.25) is 0 Å². The van der Waals surface area contributed by atoms with Crippen LogP contribution in [0.15, 0.2) is 23.1 Å². The Morgan fingerprint density at radius 2 is 2.19 bits per heavy atom. The zero-order chi connectivity index (χ0) is 16.0. The fourth-order valence-corrected chi connectivity index (χ4v) is 2.76. The summed E-state index contributed by atoms with van der Waals surface area (Å²) in [5, 5.41) is 17.2. The molecule has 0 heterocycles. The van der Waals surface area contributed by atoms with E-state index < -0.39 is 21.8 Å². The van der Waals surface area contributed by atoms with Crippen LogP contribution in [0.5, 0.6) is 0 Å². The van der Waals surface area contributed by atoms with Crippen LogP contribution in [0, 0.1) is 23.1 Å². The minimum atomic E-state index is -3.86. The molecule has 0 spiro atoms. The smallest absolute Gasteiger partial charge is 0.303 e. The lowest BCUT2D eigenvalue weighted by Crippen LogP contribution is -2.28. The first-order valence-electron chi connectivity index (χ1n) is 6.17. The lowest BCUT2D eigenvalue weighted by Gasteiger charge is -2.12. The summed E-state index contributed by atoms with van der Waals surface area (Å²) >= 11 is 0. The van der Waals surface area contributed by atoms with Crippen molar-refractivity contribution in [2.45, 2.75) is 24.7 Å². The number of carboxylic acids is 1. The van der Waals surface area contributed by atoms with Crippen LogP contribution in [0.25, 0.3) is 0 Å². The second kappa shape index (κ2) is 7.15. The van der Waals surface area contributed by atoms with Crippen molar-refractivity contribution in [1.29, 1.82) is 5.26 Å². The lowest BCUT2D eigenvalue weighted by atomic mass is 10.1. The maximum atomic E-state index is 13.2. The van der Waals surface area contributed by atoms with E-state index in [1.807, 2.05) is 0 Å². The van der Waals surface area contributed by atoms with Crippen LogP contribution in [0.3, 0.4) is 0 Å². The molecule has 2 N–H and O–H groups in total. The molecule has 1 atom stereocenters. The van der Waals surface area contributed by atoms with E-state index in [4.69, 9.17) is 10.4 Å². The molecule has 114 valence electrons. The summed E-state index contributed by atoms with van der Waals surface area (Å²) in [4.78, 5) is 10.2. The van der Waals surface area contributed by atoms with Crippen LogP contribution >= 0.6 is 0 Å². The molecule has 6 nitrogen and oxygen atoms in total. The Morgan fingerprint density at radius 1 is 1.52 bits per heavy atom. The van der Waals surface area contributed by atoms with Crippen LogP contribution in [-0.2, 0) is 14.8 Å². The minimum absolute atomic E-state index is 0.0436. The van der Waals surface area contributed by atoms with Crippen molar-refractivity contribution in [3.63, 3.8) is 0 Å². The largest absolute Gasteiger partial charge is 0.481 e. The summed E-state index contributed by atoms with van der Waals surface area (Å²) in [6.45, 7) is 1.78. The van der Waals surface area contributed by atoms with Crippen molar-refractivity contribution >= 4 is 16.0 Å². The number of nitriles is 1. The van der Waals surface area contributed by atoms with Gasteiger partial charge in [0.1, 0.15) is 11.9 Å². The maximum absolute atomic E-state index is 13.2. The molecule has 8 heteroatoms. The molecule has 0 saturated carbocycles. The average molecular weight is 314 g/mol. The number of sulfonamides is 1. The van der Waals surface area contributed by atoms with Crippen molar-refractivity contribution in [3.05, 3.63) is 29.6 Å². The summed E-state index contributed by atoms with van der Waals surface area (Å²) in [5.74, 6) is -1.89. The number of nitrogens with zero attached hydrogens (tertiary/aromatic N) is 1. The molecule has 1 aromatic rings. The second-order valence-electron chi connectivity index (χ2n) is 4.64. The Hall–Kier alpha value is -1.98. The van der Waals surface area contributed by atoms with Crippen molar-refractivity contribution < 1.29 is 22.7 Å². The zero-order valence-electron chi connectivity index (χ0n) is 11.3. The van der Waals surface area contributed by atoms with E-state index in [0.717, 1.165) is 18.2 Å². The van der Waals surface area contributed by atoms with E-state index in [1.165, 1.54) is 0 Å². The summed E-state index contributed by atoms with van der Waals surface area (Å²) in [6.07, 6.45) is 0.294. The molecule has 1 unspecified atom stereocenters. The van der Waals surface area contributed by atoms with Crippen LogP contribution in [0.1, 0.15) is 25.3 Å². The van der Waals surface area contributed by atoms with Crippen molar-refractivity contribution in [2.24, 2.45) is 5.92 Å². The monoisotopic (exact) mass is 314 g/mol. The molecule has 0 aliphatic rings. The first-order valence-corrected chi connectivity index (χ1v) is 7.65. The fourth-order valence-electron chi connectivity index (χ4n) is 1.56. The van der Waals surface area contributed by atoms with Crippen LogP contribution in [-0.4, -0.2) is 26.0 Å². The predicted octanol–water partition coefficient (Wildman–Crippen LogP) is 1.48. The van der Waals surface area contributed by atoms with Crippen molar-refractivity contribution in [2.75, 3.05) is 6.54 Å². The highest BCUT2D eigenvalue weighted by molar-refractivity contribution is 7.89. The molecule has 1 aromatic carbocycles. The molecule has 0 aliphatic heterocycles. The third-order valence-corrected chi connectivity index (χ3v) is 4.26. The van der Waals surface area contributed by atoms with Gasteiger partial charge >= 0.3 is 5.97 Å². The number of nitrogens with one attached hydrogen (secondary N) is 1. The van der Waals surface area contributed by atoms with E-state index in [9.17, 15) is 17.6 Å². The zero-order valence-corrected chi connectivity index (χ0v) is 12.2. The van der Waals surface area contributed by atoms with E-state index in [1.54, 1.807) is 13.0 Å². The second-order valence-corrected chi connectivity index (χ2v) is 6.41.